The molecule has 1 aromatic heterocycles. The van der Waals surface area contributed by atoms with Crippen molar-refractivity contribution in [2.24, 2.45) is 5.92 Å². The van der Waals surface area contributed by atoms with Gasteiger partial charge in [0.1, 0.15) is 6.17 Å². The summed E-state index contributed by atoms with van der Waals surface area (Å²) in [5.74, 6) is -1.53. The topological polar surface area (TPSA) is 62.3 Å². The highest BCUT2D eigenvalue weighted by Gasteiger charge is 2.44. The Morgan fingerprint density at radius 1 is 1.03 bits per heavy atom. The van der Waals surface area contributed by atoms with Crippen LogP contribution in [-0.2, 0) is 10.0 Å². The summed E-state index contributed by atoms with van der Waals surface area (Å²) in [5, 5.41) is 3.78. The summed E-state index contributed by atoms with van der Waals surface area (Å²) in [6, 6.07) is 3.57. The number of nitrogens with zero attached hydrogens (tertiary/aromatic N) is 2. The molecule has 0 radical (unpaired) electrons. The molecule has 1 N–H and O–H groups in total. The van der Waals surface area contributed by atoms with Gasteiger partial charge in [-0.15, -0.1) is 0 Å². The molecule has 1 aliphatic carbocycles. The van der Waals surface area contributed by atoms with Crippen LogP contribution in [0.3, 0.4) is 0 Å². The van der Waals surface area contributed by atoms with E-state index >= 15 is 0 Å². The summed E-state index contributed by atoms with van der Waals surface area (Å²) in [6.45, 7) is 0.190. The number of anilines is 1. The van der Waals surface area contributed by atoms with Gasteiger partial charge in [-0.1, -0.05) is 12.2 Å². The maximum atomic E-state index is 13.5. The van der Waals surface area contributed by atoms with Gasteiger partial charge in [0.15, 0.2) is 0 Å². The highest BCUT2D eigenvalue weighted by Crippen LogP contribution is 2.38. The summed E-state index contributed by atoms with van der Waals surface area (Å²) < 4.78 is 81.5. The summed E-state index contributed by atoms with van der Waals surface area (Å²) in [7, 11) is -3.88. The van der Waals surface area contributed by atoms with Crippen molar-refractivity contribution in [2.45, 2.75) is 49.0 Å². The van der Waals surface area contributed by atoms with Gasteiger partial charge in [-0.2, -0.15) is 17.5 Å². The fourth-order valence-electron chi connectivity index (χ4n) is 4.25. The zero-order chi connectivity index (χ0) is 22.2. The van der Waals surface area contributed by atoms with E-state index in [1.54, 1.807) is 6.08 Å². The minimum absolute atomic E-state index is 0.0451. The Labute approximate surface area is 178 Å². The van der Waals surface area contributed by atoms with Gasteiger partial charge in [0, 0.05) is 48.0 Å². The minimum atomic E-state index is -4.34. The predicted octanol–water partition coefficient (Wildman–Crippen LogP) is 4.67. The molecule has 0 bridgehead atoms. The third-order valence-corrected chi connectivity index (χ3v) is 7.93. The van der Waals surface area contributed by atoms with Crippen molar-refractivity contribution < 1.29 is 26.0 Å². The third-order valence-electron chi connectivity index (χ3n) is 5.97. The summed E-state index contributed by atoms with van der Waals surface area (Å²) in [4.78, 5) is 4.09. The highest BCUT2D eigenvalue weighted by atomic mass is 32.2. The molecule has 0 saturated carbocycles. The molecule has 5 nitrogen and oxygen atoms in total. The number of halogens is 4. The van der Waals surface area contributed by atoms with Crippen LogP contribution < -0.4 is 5.32 Å². The van der Waals surface area contributed by atoms with Gasteiger partial charge in [-0.05, 0) is 43.9 Å². The maximum Gasteiger partial charge on any atom is 0.394 e. The average Bonchev–Trinajstić information content (AvgIpc) is 2.74. The van der Waals surface area contributed by atoms with Crippen LogP contribution in [0.2, 0.25) is 0 Å². The quantitative estimate of drug-likeness (QED) is 0.536. The monoisotopic (exact) mass is 457 g/mol. The Kier molecular flexibility index (Phi) is 5.95. The number of benzene rings is 1. The fraction of sp³-hybridized carbons (Fsp3) is 0.476. The fourth-order valence-corrected chi connectivity index (χ4v) is 5.92. The first-order chi connectivity index (χ1) is 14.7. The Morgan fingerprint density at radius 2 is 1.74 bits per heavy atom. The number of hydrogen-bond donors (Lipinski definition) is 1. The average molecular weight is 457 g/mol. The van der Waals surface area contributed by atoms with Crippen molar-refractivity contribution in [1.29, 1.82) is 0 Å². The number of alkyl halides is 4. The normalized spacial score (nSPS) is 23.9. The number of rotatable bonds is 4. The Morgan fingerprint density at radius 3 is 2.45 bits per heavy atom. The predicted molar refractivity (Wildman–Crippen MR) is 110 cm³/mol. The summed E-state index contributed by atoms with van der Waals surface area (Å²) in [6.07, 6.45) is 1.19. The molecule has 31 heavy (non-hydrogen) atoms. The molecule has 0 spiro atoms. The van der Waals surface area contributed by atoms with Gasteiger partial charge in [0.25, 0.3) is 0 Å². The second kappa shape index (κ2) is 8.38. The molecule has 0 unspecified atom stereocenters. The zero-order valence-electron chi connectivity index (χ0n) is 16.6. The van der Waals surface area contributed by atoms with Crippen LogP contribution in [0.1, 0.15) is 25.7 Å². The highest BCUT2D eigenvalue weighted by molar-refractivity contribution is 7.89. The third kappa shape index (κ3) is 4.41. The Balaban J connectivity index is 1.70. The second-order valence-corrected chi connectivity index (χ2v) is 9.86. The second-order valence-electron chi connectivity index (χ2n) is 7.95. The standard InChI is InChI=1S/C21H23F4N3O2S/c22-14-8-11-28(12-9-14)31(29,30)20-6-5-18(16-13-26-10-7-15(16)20)27-19-4-2-1-3-17(19)21(23,24)25/h1-2,5-7,10,13-14,17,19,27H,3-4,8-9,11-12H2/t17-,19-/m1/s1. The van der Waals surface area contributed by atoms with Gasteiger partial charge < -0.3 is 5.32 Å². The number of hydrogen-bond acceptors (Lipinski definition) is 4. The maximum absolute atomic E-state index is 13.5. The first-order valence-corrected chi connectivity index (χ1v) is 11.6. The van der Waals surface area contributed by atoms with E-state index in [2.05, 4.69) is 10.3 Å². The molecular formula is C21H23F4N3O2S. The van der Waals surface area contributed by atoms with Crippen LogP contribution in [0.25, 0.3) is 10.8 Å². The van der Waals surface area contributed by atoms with Crippen LogP contribution in [0, 0.1) is 5.92 Å². The van der Waals surface area contributed by atoms with Crippen molar-refractivity contribution in [3.8, 4) is 0 Å². The molecule has 0 amide bonds. The first kappa shape index (κ1) is 22.0. The van der Waals surface area contributed by atoms with Gasteiger partial charge in [0.05, 0.1) is 10.8 Å². The number of piperidine rings is 1. The summed E-state index contributed by atoms with van der Waals surface area (Å²) >= 11 is 0. The van der Waals surface area contributed by atoms with Crippen LogP contribution in [0.15, 0.2) is 47.6 Å². The Bertz CT molecular complexity index is 1080. The molecule has 4 rings (SSSR count). The number of fused-ring (bicyclic) bond motifs is 1. The lowest BCUT2D eigenvalue weighted by atomic mass is 9.88. The van der Waals surface area contributed by atoms with Crippen molar-refractivity contribution in [3.63, 3.8) is 0 Å². The van der Waals surface area contributed by atoms with Crippen LogP contribution in [0.5, 0.6) is 0 Å². The molecular weight excluding hydrogens is 434 g/mol. The number of nitrogens with one attached hydrogen (secondary N) is 1. The number of aromatic nitrogens is 1. The first-order valence-electron chi connectivity index (χ1n) is 10.2. The van der Waals surface area contributed by atoms with E-state index < -0.39 is 34.3 Å². The van der Waals surface area contributed by atoms with Crippen molar-refractivity contribution in [2.75, 3.05) is 18.4 Å². The van der Waals surface area contributed by atoms with E-state index in [9.17, 15) is 26.0 Å². The largest absolute Gasteiger partial charge is 0.394 e. The van der Waals surface area contributed by atoms with Crippen LogP contribution in [-0.4, -0.2) is 49.2 Å². The number of allylic oxidation sites excluding steroid dienone is 1. The van der Waals surface area contributed by atoms with Crippen LogP contribution >= 0.6 is 0 Å². The molecule has 1 fully saturated rings. The molecule has 10 heteroatoms. The molecule has 2 heterocycles. The Hall–Kier alpha value is -2.20. The molecule has 2 atom stereocenters. The molecule has 2 aromatic rings. The van der Waals surface area contributed by atoms with Gasteiger partial charge in [-0.25, -0.2) is 12.8 Å². The van der Waals surface area contributed by atoms with E-state index in [1.807, 2.05) is 0 Å². The van der Waals surface area contributed by atoms with Crippen molar-refractivity contribution in [1.82, 2.24) is 9.29 Å². The molecule has 168 valence electrons. The SMILES string of the molecule is O=S(=O)(c1ccc(N[C@@H]2CC=CC[C@H]2C(F)(F)F)c2cnccc12)N1CCC(F)CC1. The van der Waals surface area contributed by atoms with Crippen molar-refractivity contribution in [3.05, 3.63) is 42.7 Å². The minimum Gasteiger partial charge on any atom is -0.381 e. The van der Waals surface area contributed by atoms with Gasteiger partial charge in [-0.3, -0.25) is 4.98 Å². The van der Waals surface area contributed by atoms with E-state index in [4.69, 9.17) is 0 Å². The molecule has 1 aromatic carbocycles. The number of pyridine rings is 1. The lowest BCUT2D eigenvalue weighted by Gasteiger charge is -2.32. The lowest BCUT2D eigenvalue weighted by molar-refractivity contribution is -0.178. The number of sulfonamides is 1. The molecule has 1 aliphatic heterocycles. The van der Waals surface area contributed by atoms with E-state index in [0.717, 1.165) is 0 Å². The van der Waals surface area contributed by atoms with E-state index in [1.165, 1.54) is 41.0 Å². The molecule has 1 saturated heterocycles. The lowest BCUT2D eigenvalue weighted by Crippen LogP contribution is -2.40. The van der Waals surface area contributed by atoms with Crippen LogP contribution in [0.4, 0.5) is 23.2 Å². The summed E-state index contributed by atoms with van der Waals surface area (Å²) in [5.41, 5.74) is 0.402. The zero-order valence-corrected chi connectivity index (χ0v) is 17.5. The van der Waals surface area contributed by atoms with E-state index in [0.29, 0.717) is 16.5 Å². The van der Waals surface area contributed by atoms with Gasteiger partial charge in [0.2, 0.25) is 10.0 Å². The van der Waals surface area contributed by atoms with Gasteiger partial charge >= 0.3 is 6.18 Å². The van der Waals surface area contributed by atoms with Crippen molar-refractivity contribution >= 4 is 26.5 Å². The van der Waals surface area contributed by atoms with E-state index in [-0.39, 0.29) is 43.7 Å². The smallest absolute Gasteiger partial charge is 0.381 e. The molecule has 2 aliphatic rings.